The molecule has 1 aliphatic rings. The number of rotatable bonds is 6. The number of aromatic amines is 1. The standard InChI is InChI=1S/C20H25ClN6O2S/c1-19(2,3)15-10-30-18(26-15)27-17(29)13-5-4-6-14(20(13,21)22)25-16(28)8-7-12-9-23-11-24-12/h4-6,9-11,13H,7-8,22H2,1-3H3,(H,23,24)(H,25,28)(H,26,27,29). The van der Waals surface area contributed by atoms with Crippen LogP contribution in [0.2, 0.25) is 0 Å². The van der Waals surface area contributed by atoms with Crippen LogP contribution in [0, 0.1) is 5.92 Å². The number of carbonyl (C=O) groups excluding carboxylic acids is 2. The average Bonchev–Trinajstić information content (AvgIpc) is 3.32. The summed E-state index contributed by atoms with van der Waals surface area (Å²) in [5, 5.41) is 7.90. The molecule has 2 heterocycles. The molecule has 1 aliphatic carbocycles. The lowest BCUT2D eigenvalue weighted by Crippen LogP contribution is -2.53. The zero-order valence-corrected chi connectivity index (χ0v) is 18.6. The number of anilines is 1. The Morgan fingerprint density at radius 1 is 1.37 bits per heavy atom. The van der Waals surface area contributed by atoms with Crippen molar-refractivity contribution in [2.75, 3.05) is 5.32 Å². The lowest BCUT2D eigenvalue weighted by atomic mass is 9.91. The third-order valence-electron chi connectivity index (χ3n) is 4.67. The van der Waals surface area contributed by atoms with Crippen LogP contribution in [0.15, 0.2) is 41.8 Å². The first-order chi connectivity index (χ1) is 14.1. The second-order valence-electron chi connectivity index (χ2n) is 8.11. The van der Waals surface area contributed by atoms with Crippen molar-refractivity contribution in [2.24, 2.45) is 11.7 Å². The van der Waals surface area contributed by atoms with Crippen LogP contribution in [-0.2, 0) is 21.4 Å². The zero-order valence-electron chi connectivity index (χ0n) is 17.0. The molecule has 3 rings (SSSR count). The summed E-state index contributed by atoms with van der Waals surface area (Å²) in [4.78, 5) is 34.9. The maximum absolute atomic E-state index is 12.8. The third-order valence-corrected chi connectivity index (χ3v) is 5.86. The number of nitrogens with two attached hydrogens (primary N) is 1. The van der Waals surface area contributed by atoms with Gasteiger partial charge in [-0.05, 0) is 12.5 Å². The molecule has 0 saturated carbocycles. The minimum Gasteiger partial charge on any atom is -0.348 e. The minimum atomic E-state index is -1.59. The van der Waals surface area contributed by atoms with Gasteiger partial charge in [-0.2, -0.15) is 0 Å². The highest BCUT2D eigenvalue weighted by Gasteiger charge is 2.42. The van der Waals surface area contributed by atoms with Crippen LogP contribution in [0.1, 0.15) is 38.6 Å². The number of aromatic nitrogens is 3. The lowest BCUT2D eigenvalue weighted by Gasteiger charge is -2.33. The fourth-order valence-corrected chi connectivity index (χ4v) is 4.08. The normalized spacial score (nSPS) is 21.2. The molecule has 2 aromatic heterocycles. The Kier molecular flexibility index (Phi) is 6.44. The quantitative estimate of drug-likeness (QED) is 0.399. The van der Waals surface area contributed by atoms with Gasteiger partial charge in [0.25, 0.3) is 0 Å². The summed E-state index contributed by atoms with van der Waals surface area (Å²) in [7, 11) is 0. The molecule has 0 radical (unpaired) electrons. The van der Waals surface area contributed by atoms with E-state index in [9.17, 15) is 9.59 Å². The van der Waals surface area contributed by atoms with Gasteiger partial charge in [0.05, 0.1) is 23.6 Å². The number of hydrogen-bond acceptors (Lipinski definition) is 6. The van der Waals surface area contributed by atoms with Gasteiger partial charge in [-0.15, -0.1) is 11.3 Å². The molecule has 5 N–H and O–H groups in total. The number of allylic oxidation sites excluding steroid dienone is 2. The first-order valence-electron chi connectivity index (χ1n) is 9.48. The van der Waals surface area contributed by atoms with Gasteiger partial charge in [0.1, 0.15) is 5.00 Å². The molecule has 0 bridgehead atoms. The monoisotopic (exact) mass is 448 g/mol. The molecule has 0 aromatic carbocycles. The predicted octanol–water partition coefficient (Wildman–Crippen LogP) is 2.81. The Hall–Kier alpha value is -2.49. The van der Waals surface area contributed by atoms with Crippen LogP contribution >= 0.6 is 22.9 Å². The van der Waals surface area contributed by atoms with Crippen molar-refractivity contribution in [1.82, 2.24) is 20.3 Å². The fourth-order valence-electron chi connectivity index (χ4n) is 2.85. The Bertz CT molecular complexity index is 972. The number of aryl methyl sites for hydroxylation is 1. The van der Waals surface area contributed by atoms with Crippen LogP contribution in [0.5, 0.6) is 0 Å². The maximum Gasteiger partial charge on any atom is 0.236 e. The van der Waals surface area contributed by atoms with Crippen LogP contribution in [0.25, 0.3) is 0 Å². The minimum absolute atomic E-state index is 0.120. The predicted molar refractivity (Wildman–Crippen MR) is 118 cm³/mol. The highest BCUT2D eigenvalue weighted by molar-refractivity contribution is 7.14. The second-order valence-corrected chi connectivity index (χ2v) is 9.60. The van der Waals surface area contributed by atoms with Crippen molar-refractivity contribution in [1.29, 1.82) is 0 Å². The molecular weight excluding hydrogens is 424 g/mol. The molecule has 160 valence electrons. The van der Waals surface area contributed by atoms with Crippen LogP contribution in [0.4, 0.5) is 5.13 Å². The summed E-state index contributed by atoms with van der Waals surface area (Å²) in [6.45, 7) is 6.15. The van der Waals surface area contributed by atoms with Crippen LogP contribution in [0.3, 0.4) is 0 Å². The van der Waals surface area contributed by atoms with Gasteiger partial charge < -0.3 is 21.4 Å². The van der Waals surface area contributed by atoms with E-state index < -0.39 is 16.8 Å². The number of imidazole rings is 1. The Morgan fingerprint density at radius 2 is 2.13 bits per heavy atom. The smallest absolute Gasteiger partial charge is 0.236 e. The van der Waals surface area contributed by atoms with E-state index in [0.29, 0.717) is 11.6 Å². The largest absolute Gasteiger partial charge is 0.348 e. The van der Waals surface area contributed by atoms with E-state index in [-0.39, 0.29) is 23.4 Å². The van der Waals surface area contributed by atoms with E-state index in [2.05, 4.69) is 25.6 Å². The molecule has 0 saturated heterocycles. The van der Waals surface area contributed by atoms with Crippen molar-refractivity contribution in [3.63, 3.8) is 0 Å². The molecule has 8 nitrogen and oxygen atoms in total. The maximum atomic E-state index is 12.8. The number of halogens is 1. The van der Waals surface area contributed by atoms with Crippen molar-refractivity contribution < 1.29 is 9.59 Å². The van der Waals surface area contributed by atoms with Crippen molar-refractivity contribution in [3.05, 3.63) is 53.2 Å². The molecule has 2 atom stereocenters. The highest BCUT2D eigenvalue weighted by Crippen LogP contribution is 2.33. The summed E-state index contributed by atoms with van der Waals surface area (Å²) in [6, 6.07) is 0. The third kappa shape index (κ3) is 5.16. The van der Waals surface area contributed by atoms with Gasteiger partial charge >= 0.3 is 0 Å². The molecular formula is C20H25ClN6O2S. The zero-order chi connectivity index (χ0) is 21.9. The summed E-state index contributed by atoms with van der Waals surface area (Å²) in [5.74, 6) is -1.53. The number of nitrogens with zero attached hydrogens (tertiary/aromatic N) is 2. The van der Waals surface area contributed by atoms with Gasteiger partial charge in [-0.3, -0.25) is 9.59 Å². The van der Waals surface area contributed by atoms with Crippen molar-refractivity contribution in [2.45, 2.75) is 44.0 Å². The van der Waals surface area contributed by atoms with Gasteiger partial charge in [-0.25, -0.2) is 9.97 Å². The Labute approximate surface area is 184 Å². The summed E-state index contributed by atoms with van der Waals surface area (Å²) in [5.41, 5.74) is 8.16. The van der Waals surface area contributed by atoms with E-state index in [1.165, 1.54) is 11.3 Å². The Morgan fingerprint density at radius 3 is 2.77 bits per heavy atom. The SMILES string of the molecule is CC(C)(C)c1csc(NC(=O)C2C=CC=C(NC(=O)CCc3cnc[nH]3)C2(N)Cl)n1. The molecule has 2 unspecified atom stereocenters. The van der Waals surface area contributed by atoms with E-state index in [0.717, 1.165) is 11.4 Å². The second kappa shape index (κ2) is 8.71. The van der Waals surface area contributed by atoms with E-state index in [1.54, 1.807) is 30.8 Å². The molecule has 2 aromatic rings. The molecule has 0 fully saturated rings. The topological polar surface area (TPSA) is 126 Å². The van der Waals surface area contributed by atoms with E-state index in [1.807, 2.05) is 26.2 Å². The van der Waals surface area contributed by atoms with Gasteiger partial charge in [0.2, 0.25) is 11.8 Å². The first-order valence-corrected chi connectivity index (χ1v) is 10.7. The molecule has 10 heteroatoms. The summed E-state index contributed by atoms with van der Waals surface area (Å²) < 4.78 is 0. The Balaban J connectivity index is 1.63. The van der Waals surface area contributed by atoms with Crippen LogP contribution < -0.4 is 16.4 Å². The molecule has 0 spiro atoms. The molecule has 2 amide bonds. The summed E-state index contributed by atoms with van der Waals surface area (Å²) >= 11 is 7.88. The van der Waals surface area contributed by atoms with Gasteiger partial charge in [-0.1, -0.05) is 44.5 Å². The number of carbonyl (C=O) groups is 2. The number of H-pyrrole nitrogens is 1. The van der Waals surface area contributed by atoms with Gasteiger partial charge in [0, 0.05) is 29.1 Å². The number of nitrogens with one attached hydrogen (secondary N) is 3. The molecule has 0 aliphatic heterocycles. The van der Waals surface area contributed by atoms with Crippen molar-refractivity contribution in [3.8, 4) is 0 Å². The highest BCUT2D eigenvalue weighted by atomic mass is 35.5. The molecule has 30 heavy (non-hydrogen) atoms. The van der Waals surface area contributed by atoms with Gasteiger partial charge in [0.15, 0.2) is 5.13 Å². The number of amides is 2. The average molecular weight is 449 g/mol. The van der Waals surface area contributed by atoms with E-state index >= 15 is 0 Å². The fraction of sp³-hybridized carbons (Fsp3) is 0.400. The summed E-state index contributed by atoms with van der Waals surface area (Å²) in [6.07, 6.45) is 8.81. The number of alkyl halides is 1. The first kappa shape index (κ1) is 22.2. The lowest BCUT2D eigenvalue weighted by molar-refractivity contribution is -0.122. The van der Waals surface area contributed by atoms with Crippen molar-refractivity contribution >= 4 is 39.9 Å². The number of thiazole rings is 1. The van der Waals surface area contributed by atoms with E-state index in [4.69, 9.17) is 17.3 Å². The number of hydrogen-bond donors (Lipinski definition) is 4. The van der Waals surface area contributed by atoms with Crippen LogP contribution in [-0.4, -0.2) is 31.8 Å².